The van der Waals surface area contributed by atoms with Gasteiger partial charge in [0.1, 0.15) is 6.07 Å². The van der Waals surface area contributed by atoms with Gasteiger partial charge in [-0.3, -0.25) is 4.79 Å². The summed E-state index contributed by atoms with van der Waals surface area (Å²) in [6, 6.07) is 12.2. The van der Waals surface area contributed by atoms with Crippen molar-refractivity contribution < 1.29 is 9.18 Å². The first-order valence-electron chi connectivity index (χ1n) is 8.26. The van der Waals surface area contributed by atoms with E-state index in [1.54, 1.807) is 31.4 Å². The van der Waals surface area contributed by atoms with E-state index < -0.39 is 17.9 Å². The van der Waals surface area contributed by atoms with Gasteiger partial charge in [0.25, 0.3) is 5.56 Å². The van der Waals surface area contributed by atoms with Crippen molar-refractivity contribution in [2.75, 3.05) is 12.4 Å². The van der Waals surface area contributed by atoms with E-state index in [1.807, 2.05) is 19.1 Å². The zero-order valence-corrected chi connectivity index (χ0v) is 14.8. The number of nitriles is 1. The van der Waals surface area contributed by atoms with Gasteiger partial charge < -0.3 is 15.2 Å². The van der Waals surface area contributed by atoms with Crippen LogP contribution in [0.25, 0.3) is 10.8 Å². The van der Waals surface area contributed by atoms with Gasteiger partial charge in [-0.05, 0) is 36.1 Å². The second kappa shape index (κ2) is 7.30. The van der Waals surface area contributed by atoms with Crippen LogP contribution in [0.4, 0.5) is 14.9 Å². The van der Waals surface area contributed by atoms with Crippen molar-refractivity contribution in [2.45, 2.75) is 13.0 Å². The lowest BCUT2D eigenvalue weighted by molar-refractivity contribution is 0.208. The molecule has 0 radical (unpaired) electrons. The first-order chi connectivity index (χ1) is 12.9. The maximum absolute atomic E-state index is 14.2. The molecule has 0 spiro atoms. The second-order valence-electron chi connectivity index (χ2n) is 6.11. The van der Waals surface area contributed by atoms with E-state index in [-0.39, 0.29) is 16.8 Å². The zero-order valence-electron chi connectivity index (χ0n) is 14.8. The van der Waals surface area contributed by atoms with Crippen LogP contribution in [0.15, 0.2) is 53.5 Å². The fourth-order valence-electron chi connectivity index (χ4n) is 2.88. The van der Waals surface area contributed by atoms with E-state index in [0.29, 0.717) is 5.39 Å². The Hall–Kier alpha value is -3.66. The van der Waals surface area contributed by atoms with Crippen molar-refractivity contribution in [2.24, 2.45) is 0 Å². The number of hydrogen-bond donors (Lipinski definition) is 2. The maximum Gasteiger partial charge on any atom is 0.322 e. The SMILES string of the molecule is C[C@H](c1c[nH]c(=O)c2ccccc12)N(C)C(=O)Nc1cccc(C#N)c1F. The molecule has 1 heterocycles. The summed E-state index contributed by atoms with van der Waals surface area (Å²) in [5, 5.41) is 12.7. The third-order valence-electron chi connectivity index (χ3n) is 4.55. The number of carbonyl (C=O) groups excluding carboxylic acids is 1. The van der Waals surface area contributed by atoms with Gasteiger partial charge in [-0.15, -0.1) is 0 Å². The summed E-state index contributed by atoms with van der Waals surface area (Å²) >= 11 is 0. The number of H-pyrrole nitrogens is 1. The molecule has 2 amide bonds. The molecule has 6 nitrogen and oxygen atoms in total. The maximum atomic E-state index is 14.2. The lowest BCUT2D eigenvalue weighted by atomic mass is 10.0. The van der Waals surface area contributed by atoms with Crippen LogP contribution in [0.5, 0.6) is 0 Å². The van der Waals surface area contributed by atoms with E-state index in [0.717, 1.165) is 10.9 Å². The number of aromatic amines is 1. The van der Waals surface area contributed by atoms with Gasteiger partial charge in [0.05, 0.1) is 17.3 Å². The highest BCUT2D eigenvalue weighted by atomic mass is 19.1. The molecule has 7 heteroatoms. The van der Waals surface area contributed by atoms with Gasteiger partial charge in [0.2, 0.25) is 0 Å². The summed E-state index contributed by atoms with van der Waals surface area (Å²) in [6.07, 6.45) is 1.58. The van der Waals surface area contributed by atoms with E-state index in [9.17, 15) is 14.0 Å². The normalized spacial score (nSPS) is 11.6. The zero-order chi connectivity index (χ0) is 19.6. The minimum Gasteiger partial charge on any atom is -0.328 e. The number of nitrogens with one attached hydrogen (secondary N) is 2. The summed E-state index contributed by atoms with van der Waals surface area (Å²) in [4.78, 5) is 28.6. The van der Waals surface area contributed by atoms with Crippen LogP contribution in [-0.4, -0.2) is 23.0 Å². The van der Waals surface area contributed by atoms with Crippen LogP contribution in [0.1, 0.15) is 24.1 Å². The highest BCUT2D eigenvalue weighted by Crippen LogP contribution is 2.26. The highest BCUT2D eigenvalue weighted by Gasteiger charge is 2.21. The van der Waals surface area contributed by atoms with Gasteiger partial charge in [-0.2, -0.15) is 5.26 Å². The van der Waals surface area contributed by atoms with Gasteiger partial charge >= 0.3 is 6.03 Å². The summed E-state index contributed by atoms with van der Waals surface area (Å²) in [5.74, 6) is -0.774. The molecule has 0 aliphatic carbocycles. The lowest BCUT2D eigenvalue weighted by Crippen LogP contribution is -2.34. The minimum atomic E-state index is -0.774. The molecule has 0 aliphatic heterocycles. The van der Waals surface area contributed by atoms with E-state index in [1.165, 1.54) is 23.1 Å². The second-order valence-corrected chi connectivity index (χ2v) is 6.11. The van der Waals surface area contributed by atoms with E-state index in [2.05, 4.69) is 10.3 Å². The fraction of sp³-hybridized carbons (Fsp3) is 0.150. The number of benzene rings is 2. The van der Waals surface area contributed by atoms with Crippen LogP contribution in [-0.2, 0) is 0 Å². The number of urea groups is 1. The van der Waals surface area contributed by atoms with Crippen molar-refractivity contribution in [3.05, 3.63) is 76.0 Å². The minimum absolute atomic E-state index is 0.0653. The average Bonchev–Trinajstić information content (AvgIpc) is 2.69. The molecule has 0 unspecified atom stereocenters. The summed E-state index contributed by atoms with van der Waals surface area (Å²) in [5.41, 5.74) is 0.345. The molecule has 2 N–H and O–H groups in total. The van der Waals surface area contributed by atoms with Crippen LogP contribution in [0.2, 0.25) is 0 Å². The number of nitrogens with zero attached hydrogens (tertiary/aromatic N) is 2. The Morgan fingerprint density at radius 2 is 1.93 bits per heavy atom. The number of pyridine rings is 1. The highest BCUT2D eigenvalue weighted by molar-refractivity contribution is 5.91. The van der Waals surface area contributed by atoms with Crippen molar-refractivity contribution in [3.8, 4) is 6.07 Å². The van der Waals surface area contributed by atoms with Gasteiger partial charge in [-0.1, -0.05) is 24.3 Å². The standard InChI is InChI=1S/C20H17FN4O2/c1-12(16-11-23-19(26)15-8-4-3-7-14(15)16)25(2)20(27)24-17-9-5-6-13(10-22)18(17)21/h3-9,11-12H,1-2H3,(H,23,26)(H,24,27)/t12-/m1/s1. The number of rotatable bonds is 3. The predicted octanol–water partition coefficient (Wildman–Crippen LogP) is 3.76. The summed E-state index contributed by atoms with van der Waals surface area (Å²) in [6.45, 7) is 1.81. The van der Waals surface area contributed by atoms with Crippen molar-refractivity contribution in [1.29, 1.82) is 5.26 Å². The van der Waals surface area contributed by atoms with Gasteiger partial charge in [0, 0.05) is 18.6 Å². The smallest absolute Gasteiger partial charge is 0.322 e. The monoisotopic (exact) mass is 364 g/mol. The number of hydrogen-bond acceptors (Lipinski definition) is 3. The molecule has 0 saturated carbocycles. The molecule has 27 heavy (non-hydrogen) atoms. The Morgan fingerprint density at radius 1 is 1.22 bits per heavy atom. The number of amides is 2. The topological polar surface area (TPSA) is 89.0 Å². The third-order valence-corrected chi connectivity index (χ3v) is 4.55. The van der Waals surface area contributed by atoms with Crippen LogP contribution >= 0.6 is 0 Å². The van der Waals surface area contributed by atoms with E-state index in [4.69, 9.17) is 5.26 Å². The van der Waals surface area contributed by atoms with Gasteiger partial charge in [-0.25, -0.2) is 9.18 Å². The Morgan fingerprint density at radius 3 is 2.63 bits per heavy atom. The molecule has 136 valence electrons. The number of aromatic nitrogens is 1. The van der Waals surface area contributed by atoms with Crippen LogP contribution in [0.3, 0.4) is 0 Å². The van der Waals surface area contributed by atoms with Crippen LogP contribution in [0, 0.1) is 17.1 Å². The Labute approximate surface area is 154 Å². The molecule has 2 aromatic carbocycles. The molecular formula is C20H17FN4O2. The predicted molar refractivity (Wildman–Crippen MR) is 101 cm³/mol. The molecule has 3 rings (SSSR count). The summed E-state index contributed by atoms with van der Waals surface area (Å²) < 4.78 is 14.2. The first kappa shape index (κ1) is 18.1. The molecule has 0 saturated heterocycles. The largest absolute Gasteiger partial charge is 0.328 e. The van der Waals surface area contributed by atoms with Crippen molar-refractivity contribution in [1.82, 2.24) is 9.88 Å². The number of fused-ring (bicyclic) bond motifs is 1. The number of anilines is 1. The van der Waals surface area contributed by atoms with Gasteiger partial charge in [0.15, 0.2) is 5.82 Å². The Balaban J connectivity index is 1.89. The number of halogens is 1. The molecule has 0 fully saturated rings. The Kier molecular flexibility index (Phi) is 4.90. The third kappa shape index (κ3) is 3.37. The average molecular weight is 364 g/mol. The molecule has 0 aliphatic rings. The number of carbonyl (C=O) groups is 1. The summed E-state index contributed by atoms with van der Waals surface area (Å²) in [7, 11) is 1.58. The van der Waals surface area contributed by atoms with Crippen molar-refractivity contribution in [3.63, 3.8) is 0 Å². The molecule has 1 aromatic heterocycles. The first-order valence-corrected chi connectivity index (χ1v) is 8.26. The lowest BCUT2D eigenvalue weighted by Gasteiger charge is -2.26. The van der Waals surface area contributed by atoms with Crippen LogP contribution < -0.4 is 10.9 Å². The molecular weight excluding hydrogens is 347 g/mol. The fourth-order valence-corrected chi connectivity index (χ4v) is 2.88. The van der Waals surface area contributed by atoms with Crippen molar-refractivity contribution >= 4 is 22.5 Å². The molecule has 3 aromatic rings. The van der Waals surface area contributed by atoms with E-state index >= 15 is 0 Å². The quantitative estimate of drug-likeness (QED) is 0.741. The molecule has 0 bridgehead atoms. The Bertz CT molecular complexity index is 1120. The molecule has 1 atom stereocenters.